The number of benzene rings is 1. The monoisotopic (exact) mass is 300 g/mol. The van der Waals surface area contributed by atoms with Gasteiger partial charge in [-0.1, -0.05) is 38.1 Å². The summed E-state index contributed by atoms with van der Waals surface area (Å²) in [6, 6.07) is 8.89. The number of likely N-dealkylation sites (tertiary alicyclic amines) is 1. The summed E-state index contributed by atoms with van der Waals surface area (Å²) in [6.07, 6.45) is 2.18. The number of hydrogen-bond acceptors (Lipinski definition) is 2. The van der Waals surface area contributed by atoms with Crippen LogP contribution in [0, 0.1) is 11.8 Å². The summed E-state index contributed by atoms with van der Waals surface area (Å²) < 4.78 is 0. The van der Waals surface area contributed by atoms with E-state index in [1.807, 2.05) is 7.05 Å². The SMILES string of the molecule is CNCC1CCN(C(=O)C2CC2c2ccc(C(C)C)cc2)C1. The molecule has 0 radical (unpaired) electrons. The molecule has 0 spiro atoms. The second-order valence-corrected chi connectivity index (χ2v) is 7.27. The zero-order valence-electron chi connectivity index (χ0n) is 14.0. The van der Waals surface area contributed by atoms with E-state index in [1.165, 1.54) is 11.1 Å². The number of carbonyl (C=O) groups excluding carboxylic acids is 1. The van der Waals surface area contributed by atoms with Crippen molar-refractivity contribution in [2.24, 2.45) is 11.8 Å². The van der Waals surface area contributed by atoms with Crippen LogP contribution in [0.15, 0.2) is 24.3 Å². The molecule has 1 N–H and O–H groups in total. The zero-order valence-corrected chi connectivity index (χ0v) is 14.0. The number of rotatable bonds is 5. The molecule has 3 nitrogen and oxygen atoms in total. The molecule has 1 aromatic rings. The molecule has 120 valence electrons. The lowest BCUT2D eigenvalue weighted by molar-refractivity contribution is -0.131. The van der Waals surface area contributed by atoms with Gasteiger partial charge in [0.15, 0.2) is 0 Å². The molecule has 0 aromatic heterocycles. The predicted molar refractivity (Wildman–Crippen MR) is 90.0 cm³/mol. The van der Waals surface area contributed by atoms with Crippen LogP contribution in [0.25, 0.3) is 0 Å². The molecule has 1 aliphatic heterocycles. The first-order valence-electron chi connectivity index (χ1n) is 8.63. The Morgan fingerprint density at radius 2 is 2.05 bits per heavy atom. The van der Waals surface area contributed by atoms with Gasteiger partial charge in [0.05, 0.1) is 0 Å². The topological polar surface area (TPSA) is 32.3 Å². The number of nitrogens with zero attached hydrogens (tertiary/aromatic N) is 1. The van der Waals surface area contributed by atoms with Crippen molar-refractivity contribution in [2.75, 3.05) is 26.7 Å². The Labute approximate surface area is 134 Å². The molecule has 3 rings (SSSR count). The zero-order chi connectivity index (χ0) is 15.7. The van der Waals surface area contributed by atoms with Crippen molar-refractivity contribution < 1.29 is 4.79 Å². The number of amides is 1. The summed E-state index contributed by atoms with van der Waals surface area (Å²) in [7, 11) is 1.99. The normalized spacial score (nSPS) is 27.5. The maximum Gasteiger partial charge on any atom is 0.226 e. The first-order chi connectivity index (χ1) is 10.6. The van der Waals surface area contributed by atoms with Crippen molar-refractivity contribution in [1.29, 1.82) is 0 Å². The van der Waals surface area contributed by atoms with Crippen LogP contribution in [0.2, 0.25) is 0 Å². The second kappa shape index (κ2) is 6.41. The molecule has 0 bridgehead atoms. The standard InChI is InChI=1S/C19H28N2O/c1-13(2)15-4-6-16(7-5-15)17-10-18(17)19(22)21-9-8-14(12-21)11-20-3/h4-7,13-14,17-18,20H,8-12H2,1-3H3. The summed E-state index contributed by atoms with van der Waals surface area (Å²) in [5, 5.41) is 3.22. The van der Waals surface area contributed by atoms with E-state index in [1.54, 1.807) is 0 Å². The molecule has 3 unspecified atom stereocenters. The Morgan fingerprint density at radius 1 is 1.32 bits per heavy atom. The second-order valence-electron chi connectivity index (χ2n) is 7.27. The van der Waals surface area contributed by atoms with Crippen LogP contribution in [-0.4, -0.2) is 37.5 Å². The molecule has 1 heterocycles. The lowest BCUT2D eigenvalue weighted by Gasteiger charge is -2.16. The summed E-state index contributed by atoms with van der Waals surface area (Å²) >= 11 is 0. The molecule has 1 aromatic carbocycles. The summed E-state index contributed by atoms with van der Waals surface area (Å²) in [4.78, 5) is 14.7. The Bertz CT molecular complexity index is 523. The summed E-state index contributed by atoms with van der Waals surface area (Å²) in [6.45, 7) is 7.34. The van der Waals surface area contributed by atoms with Crippen molar-refractivity contribution in [1.82, 2.24) is 10.2 Å². The van der Waals surface area contributed by atoms with E-state index in [0.717, 1.165) is 32.5 Å². The Balaban J connectivity index is 1.56. The number of nitrogens with one attached hydrogen (secondary N) is 1. The largest absolute Gasteiger partial charge is 0.342 e. The van der Waals surface area contributed by atoms with Gasteiger partial charge >= 0.3 is 0 Å². The fourth-order valence-corrected chi connectivity index (χ4v) is 3.69. The summed E-state index contributed by atoms with van der Waals surface area (Å²) in [5.74, 6) is 2.28. The van der Waals surface area contributed by atoms with Gasteiger partial charge in [0.25, 0.3) is 0 Å². The van der Waals surface area contributed by atoms with Crippen LogP contribution in [0.4, 0.5) is 0 Å². The van der Waals surface area contributed by atoms with Gasteiger partial charge in [0.1, 0.15) is 0 Å². The van der Waals surface area contributed by atoms with E-state index in [0.29, 0.717) is 23.7 Å². The molecular formula is C19H28N2O. The molecular weight excluding hydrogens is 272 g/mol. The van der Waals surface area contributed by atoms with E-state index in [9.17, 15) is 4.79 Å². The maximum atomic E-state index is 12.6. The minimum atomic E-state index is 0.234. The Morgan fingerprint density at radius 3 is 2.68 bits per heavy atom. The van der Waals surface area contributed by atoms with Crippen molar-refractivity contribution in [2.45, 2.75) is 38.5 Å². The van der Waals surface area contributed by atoms with Gasteiger partial charge < -0.3 is 10.2 Å². The van der Waals surface area contributed by atoms with Crippen LogP contribution in [-0.2, 0) is 4.79 Å². The van der Waals surface area contributed by atoms with E-state index in [2.05, 4.69) is 48.3 Å². The van der Waals surface area contributed by atoms with E-state index >= 15 is 0 Å². The van der Waals surface area contributed by atoms with Crippen molar-refractivity contribution in [3.63, 3.8) is 0 Å². The molecule has 22 heavy (non-hydrogen) atoms. The van der Waals surface area contributed by atoms with Crippen LogP contribution >= 0.6 is 0 Å². The first-order valence-corrected chi connectivity index (χ1v) is 8.63. The quantitative estimate of drug-likeness (QED) is 0.906. The molecule has 3 atom stereocenters. The van der Waals surface area contributed by atoms with Crippen molar-refractivity contribution >= 4 is 5.91 Å². The van der Waals surface area contributed by atoms with E-state index in [-0.39, 0.29) is 5.92 Å². The van der Waals surface area contributed by atoms with Crippen LogP contribution in [0.1, 0.15) is 49.7 Å². The highest BCUT2D eigenvalue weighted by molar-refractivity contribution is 5.83. The third-order valence-corrected chi connectivity index (χ3v) is 5.23. The number of hydrogen-bond donors (Lipinski definition) is 1. The summed E-state index contributed by atoms with van der Waals surface area (Å²) in [5.41, 5.74) is 2.72. The van der Waals surface area contributed by atoms with Crippen molar-refractivity contribution in [3.05, 3.63) is 35.4 Å². The molecule has 1 amide bonds. The van der Waals surface area contributed by atoms with E-state index < -0.39 is 0 Å². The van der Waals surface area contributed by atoms with Gasteiger partial charge in [0.2, 0.25) is 5.91 Å². The average molecular weight is 300 g/mol. The van der Waals surface area contributed by atoms with Gasteiger partial charge in [-0.25, -0.2) is 0 Å². The lowest BCUT2D eigenvalue weighted by atomic mass is 10.00. The van der Waals surface area contributed by atoms with E-state index in [4.69, 9.17) is 0 Å². The third kappa shape index (κ3) is 3.19. The highest BCUT2D eigenvalue weighted by Crippen LogP contribution is 2.49. The van der Waals surface area contributed by atoms with Gasteiger partial charge in [0, 0.05) is 19.0 Å². The maximum absolute atomic E-state index is 12.6. The highest BCUT2D eigenvalue weighted by Gasteiger charge is 2.46. The Hall–Kier alpha value is -1.35. The molecule has 2 fully saturated rings. The first kappa shape index (κ1) is 15.5. The van der Waals surface area contributed by atoms with Crippen LogP contribution in [0.5, 0.6) is 0 Å². The number of carbonyl (C=O) groups is 1. The molecule has 1 saturated carbocycles. The minimum absolute atomic E-state index is 0.234. The predicted octanol–water partition coefficient (Wildman–Crippen LogP) is 2.98. The highest BCUT2D eigenvalue weighted by atomic mass is 16.2. The van der Waals surface area contributed by atoms with Gasteiger partial charge in [-0.05, 0) is 55.3 Å². The molecule has 1 saturated heterocycles. The van der Waals surface area contributed by atoms with Gasteiger partial charge in [-0.3, -0.25) is 4.79 Å². The average Bonchev–Trinajstić information content (AvgIpc) is 3.19. The van der Waals surface area contributed by atoms with Crippen LogP contribution < -0.4 is 5.32 Å². The van der Waals surface area contributed by atoms with Crippen molar-refractivity contribution in [3.8, 4) is 0 Å². The smallest absolute Gasteiger partial charge is 0.226 e. The Kier molecular flexibility index (Phi) is 4.53. The van der Waals surface area contributed by atoms with Gasteiger partial charge in [-0.15, -0.1) is 0 Å². The van der Waals surface area contributed by atoms with Gasteiger partial charge in [-0.2, -0.15) is 0 Å². The lowest BCUT2D eigenvalue weighted by Crippen LogP contribution is -2.31. The minimum Gasteiger partial charge on any atom is -0.342 e. The molecule has 3 heteroatoms. The molecule has 2 aliphatic rings. The third-order valence-electron chi connectivity index (χ3n) is 5.23. The fraction of sp³-hybridized carbons (Fsp3) is 0.632. The van der Waals surface area contributed by atoms with Crippen LogP contribution in [0.3, 0.4) is 0 Å². The fourth-order valence-electron chi connectivity index (χ4n) is 3.69. The molecule has 1 aliphatic carbocycles.